The van der Waals surface area contributed by atoms with Gasteiger partial charge in [-0.1, -0.05) is 19.4 Å². The van der Waals surface area contributed by atoms with E-state index in [9.17, 15) is 4.79 Å². The van der Waals surface area contributed by atoms with Gasteiger partial charge in [-0.3, -0.25) is 0 Å². The van der Waals surface area contributed by atoms with Crippen molar-refractivity contribution in [3.8, 4) is 0 Å². The number of hydrogen-bond donors (Lipinski definition) is 1. The Hall–Kier alpha value is -1.49. The maximum Gasteiger partial charge on any atom is 0.338 e. The summed E-state index contributed by atoms with van der Waals surface area (Å²) >= 11 is 1.71. The summed E-state index contributed by atoms with van der Waals surface area (Å²) in [5, 5.41) is 8.57. The van der Waals surface area contributed by atoms with Crippen LogP contribution in [0.1, 0.15) is 30.9 Å². The van der Waals surface area contributed by atoms with E-state index < -0.39 is 0 Å². The molecule has 1 aromatic carbocycles. The van der Waals surface area contributed by atoms with Crippen molar-refractivity contribution < 1.29 is 4.79 Å². The Bertz CT molecular complexity index is 488. The van der Waals surface area contributed by atoms with Crippen LogP contribution in [-0.2, 0) is 6.54 Å². The molecule has 5 heteroatoms. The summed E-state index contributed by atoms with van der Waals surface area (Å²) in [6, 6.07) is 6.13. The molecule has 1 N–H and O–H groups in total. The normalized spacial score (nSPS) is 13.3. The number of benzene rings is 1. The van der Waals surface area contributed by atoms with Crippen molar-refractivity contribution in [2.24, 2.45) is 5.10 Å². The summed E-state index contributed by atoms with van der Waals surface area (Å²) in [5.41, 5.74) is 2.24. The van der Waals surface area contributed by atoms with Gasteiger partial charge in [0.1, 0.15) is 0 Å². The van der Waals surface area contributed by atoms with Gasteiger partial charge in [-0.15, -0.1) is 11.8 Å². The topological polar surface area (TPSA) is 44.7 Å². The molecule has 2 rings (SSSR count). The molecule has 0 aromatic heterocycles. The number of nitrogens with one attached hydrogen (secondary N) is 1. The fourth-order valence-electron chi connectivity index (χ4n) is 1.89. The van der Waals surface area contributed by atoms with Crippen LogP contribution >= 0.6 is 11.8 Å². The molecule has 4 nitrogen and oxygen atoms in total. The molecule has 0 unspecified atom stereocenters. The highest BCUT2D eigenvalue weighted by Crippen LogP contribution is 2.22. The van der Waals surface area contributed by atoms with Crippen molar-refractivity contribution in [2.45, 2.75) is 31.2 Å². The molecule has 0 saturated carbocycles. The summed E-state index contributed by atoms with van der Waals surface area (Å²) in [6.07, 6.45) is 5.88. The van der Waals surface area contributed by atoms with Gasteiger partial charge in [0.05, 0.1) is 12.8 Å². The van der Waals surface area contributed by atoms with Crippen LogP contribution in [0.3, 0.4) is 0 Å². The molecule has 19 heavy (non-hydrogen) atoms. The van der Waals surface area contributed by atoms with Crippen LogP contribution in [0.5, 0.6) is 0 Å². The van der Waals surface area contributed by atoms with Crippen molar-refractivity contribution >= 4 is 24.0 Å². The second kappa shape index (κ2) is 6.61. The molecular weight excluding hydrogens is 258 g/mol. The van der Waals surface area contributed by atoms with E-state index in [0.29, 0.717) is 13.1 Å². The van der Waals surface area contributed by atoms with Crippen molar-refractivity contribution in [3.05, 3.63) is 29.3 Å². The molecule has 0 aliphatic carbocycles. The minimum absolute atomic E-state index is 0.121. The second-order valence-electron chi connectivity index (χ2n) is 4.45. The number of amides is 2. The van der Waals surface area contributed by atoms with E-state index in [-0.39, 0.29) is 6.03 Å². The molecule has 1 aliphatic heterocycles. The predicted molar refractivity (Wildman–Crippen MR) is 79.7 cm³/mol. The molecule has 1 aliphatic rings. The van der Waals surface area contributed by atoms with Crippen molar-refractivity contribution in [2.75, 3.05) is 12.8 Å². The lowest BCUT2D eigenvalue weighted by atomic mass is 10.1. The van der Waals surface area contributed by atoms with E-state index in [0.717, 1.165) is 24.0 Å². The number of hydrazone groups is 1. The van der Waals surface area contributed by atoms with Gasteiger partial charge in [-0.2, -0.15) is 5.10 Å². The number of nitrogens with zero attached hydrogens (tertiary/aromatic N) is 2. The second-order valence-corrected chi connectivity index (χ2v) is 5.33. The molecule has 0 saturated heterocycles. The van der Waals surface area contributed by atoms with Crippen LogP contribution in [0.15, 0.2) is 28.2 Å². The van der Waals surface area contributed by atoms with Gasteiger partial charge in [0.2, 0.25) is 0 Å². The van der Waals surface area contributed by atoms with Crippen LogP contribution in [0.4, 0.5) is 4.79 Å². The minimum Gasteiger partial charge on any atom is -0.336 e. The summed E-state index contributed by atoms with van der Waals surface area (Å²) in [5.74, 6) is 0. The highest BCUT2D eigenvalue weighted by Gasteiger charge is 2.17. The Labute approximate surface area is 118 Å². The minimum atomic E-state index is -0.121. The zero-order valence-electron chi connectivity index (χ0n) is 11.3. The lowest BCUT2D eigenvalue weighted by Gasteiger charge is -2.22. The van der Waals surface area contributed by atoms with Gasteiger partial charge in [0.15, 0.2) is 0 Å². The first-order chi connectivity index (χ1) is 9.24. The molecule has 1 aromatic rings. The van der Waals surface area contributed by atoms with Crippen LogP contribution in [0, 0.1) is 0 Å². The highest BCUT2D eigenvalue weighted by atomic mass is 32.2. The predicted octanol–water partition coefficient (Wildman–Crippen LogP) is 3.07. The zero-order chi connectivity index (χ0) is 13.7. The van der Waals surface area contributed by atoms with Crippen LogP contribution in [-0.4, -0.2) is 30.1 Å². The van der Waals surface area contributed by atoms with E-state index in [1.807, 2.05) is 0 Å². The van der Waals surface area contributed by atoms with Gasteiger partial charge < -0.3 is 5.32 Å². The first-order valence-corrected chi connectivity index (χ1v) is 7.73. The van der Waals surface area contributed by atoms with E-state index in [4.69, 9.17) is 0 Å². The van der Waals surface area contributed by atoms with Crippen LogP contribution in [0.2, 0.25) is 0 Å². The molecule has 2 amide bonds. The van der Waals surface area contributed by atoms with E-state index in [1.165, 1.54) is 9.90 Å². The summed E-state index contributed by atoms with van der Waals surface area (Å²) in [6.45, 7) is 3.35. The van der Waals surface area contributed by atoms with Crippen molar-refractivity contribution in [1.29, 1.82) is 0 Å². The third kappa shape index (κ3) is 3.50. The van der Waals surface area contributed by atoms with E-state index in [2.05, 4.69) is 41.8 Å². The molecule has 0 spiro atoms. The van der Waals surface area contributed by atoms with Gasteiger partial charge in [0.25, 0.3) is 0 Å². The number of carbonyl (C=O) groups excluding carboxylic acids is 1. The monoisotopic (exact) mass is 277 g/mol. The molecule has 0 bridgehead atoms. The number of carbonyl (C=O) groups is 1. The van der Waals surface area contributed by atoms with Crippen molar-refractivity contribution in [1.82, 2.24) is 10.3 Å². The first-order valence-electron chi connectivity index (χ1n) is 6.51. The van der Waals surface area contributed by atoms with Gasteiger partial charge in [-0.05, 0) is 30.4 Å². The number of fused-ring (bicyclic) bond motifs is 1. The summed E-state index contributed by atoms with van der Waals surface area (Å²) in [7, 11) is 0. The maximum absolute atomic E-state index is 11.9. The quantitative estimate of drug-likeness (QED) is 0.679. The SMILES string of the molecule is CCCCNC(=O)N1Cc2ccc(SC)cc2C=N1. The molecule has 0 radical (unpaired) electrons. The van der Waals surface area contributed by atoms with Crippen molar-refractivity contribution in [3.63, 3.8) is 0 Å². The number of unbranched alkanes of at least 4 members (excludes halogenated alkanes) is 1. The highest BCUT2D eigenvalue weighted by molar-refractivity contribution is 7.98. The molecule has 0 fully saturated rings. The largest absolute Gasteiger partial charge is 0.338 e. The maximum atomic E-state index is 11.9. The Balaban J connectivity index is 2.01. The third-order valence-electron chi connectivity index (χ3n) is 3.05. The van der Waals surface area contributed by atoms with Crippen LogP contribution in [0.25, 0.3) is 0 Å². The average molecular weight is 277 g/mol. The zero-order valence-corrected chi connectivity index (χ0v) is 12.2. The number of thioether (sulfide) groups is 1. The number of rotatable bonds is 4. The molecule has 0 atom stereocenters. The summed E-state index contributed by atoms with van der Waals surface area (Å²) in [4.78, 5) is 13.1. The Morgan fingerprint density at radius 1 is 1.53 bits per heavy atom. The Kier molecular flexibility index (Phi) is 4.85. The summed E-state index contributed by atoms with van der Waals surface area (Å²) < 4.78 is 0. The van der Waals surface area contributed by atoms with Gasteiger partial charge in [-0.25, -0.2) is 9.80 Å². The lowest BCUT2D eigenvalue weighted by Crippen LogP contribution is -2.38. The fraction of sp³-hybridized carbons (Fsp3) is 0.429. The Morgan fingerprint density at radius 2 is 2.37 bits per heavy atom. The molecular formula is C14H19N3OS. The smallest absolute Gasteiger partial charge is 0.336 e. The average Bonchev–Trinajstić information content (AvgIpc) is 2.46. The van der Waals surface area contributed by atoms with E-state index >= 15 is 0 Å². The van der Waals surface area contributed by atoms with Gasteiger partial charge in [0, 0.05) is 17.0 Å². The standard InChI is InChI=1S/C14H19N3OS/c1-3-4-7-15-14(18)17-10-11-5-6-13(19-2)8-12(11)9-16-17/h5-6,8-9H,3-4,7,10H2,1-2H3,(H,15,18). The van der Waals surface area contributed by atoms with E-state index in [1.54, 1.807) is 18.0 Å². The van der Waals surface area contributed by atoms with Crippen LogP contribution < -0.4 is 5.32 Å². The fourth-order valence-corrected chi connectivity index (χ4v) is 2.33. The lowest BCUT2D eigenvalue weighted by molar-refractivity contribution is 0.197. The number of urea groups is 1. The molecule has 102 valence electrons. The first kappa shape index (κ1) is 13.9. The van der Waals surface area contributed by atoms with Gasteiger partial charge >= 0.3 is 6.03 Å². The molecule has 1 heterocycles. The third-order valence-corrected chi connectivity index (χ3v) is 3.78. The number of hydrogen-bond acceptors (Lipinski definition) is 3. The Morgan fingerprint density at radius 3 is 3.11 bits per heavy atom.